The number of benzene rings is 3. The molecule has 0 unspecified atom stereocenters. The fourth-order valence-electron chi connectivity index (χ4n) is 2.76. The van der Waals surface area contributed by atoms with Gasteiger partial charge in [-0.15, -0.1) is 11.3 Å². The van der Waals surface area contributed by atoms with Gasteiger partial charge >= 0.3 is 7.48 Å². The molecule has 21 heavy (non-hydrogen) atoms. The first kappa shape index (κ1) is 12.6. The van der Waals surface area contributed by atoms with Crippen LogP contribution >= 0.6 is 11.3 Å². The highest BCUT2D eigenvalue weighted by Crippen LogP contribution is 2.39. The van der Waals surface area contributed by atoms with Crippen molar-refractivity contribution in [1.82, 2.24) is 0 Å². The topological polar surface area (TPSA) is 20.2 Å². The van der Waals surface area contributed by atoms with Crippen molar-refractivity contribution in [3.8, 4) is 11.1 Å². The molecule has 4 aromatic rings. The van der Waals surface area contributed by atoms with Crippen LogP contribution in [-0.2, 0) is 0 Å². The van der Waals surface area contributed by atoms with Gasteiger partial charge < -0.3 is 5.02 Å². The second-order valence-electron chi connectivity index (χ2n) is 5.14. The highest BCUT2D eigenvalue weighted by molar-refractivity contribution is 7.26. The van der Waals surface area contributed by atoms with Crippen molar-refractivity contribution < 1.29 is 5.02 Å². The molecule has 0 aliphatic rings. The van der Waals surface area contributed by atoms with Gasteiger partial charge in [0.15, 0.2) is 0 Å². The number of hydrogen-bond donors (Lipinski definition) is 1. The summed E-state index contributed by atoms with van der Waals surface area (Å²) in [5.41, 5.74) is 3.41. The minimum absolute atomic E-state index is 0.0906. The van der Waals surface area contributed by atoms with Crippen LogP contribution in [0.25, 0.3) is 31.3 Å². The van der Waals surface area contributed by atoms with Gasteiger partial charge in [-0.2, -0.15) is 0 Å². The Labute approximate surface area is 127 Å². The number of fused-ring (bicyclic) bond motifs is 3. The number of rotatable bonds is 2. The molecule has 0 bridgehead atoms. The van der Waals surface area contributed by atoms with Crippen molar-refractivity contribution in [1.29, 1.82) is 0 Å². The van der Waals surface area contributed by atoms with Crippen molar-refractivity contribution in [3.05, 3.63) is 66.7 Å². The zero-order valence-electron chi connectivity index (χ0n) is 11.4. The van der Waals surface area contributed by atoms with Crippen molar-refractivity contribution >= 4 is 44.5 Å². The van der Waals surface area contributed by atoms with Gasteiger partial charge in [0.1, 0.15) is 0 Å². The zero-order valence-corrected chi connectivity index (χ0v) is 12.2. The molecule has 0 saturated carbocycles. The summed E-state index contributed by atoms with van der Waals surface area (Å²) in [7, 11) is 0.0906. The first-order valence-corrected chi connectivity index (χ1v) is 7.79. The van der Waals surface area contributed by atoms with Crippen molar-refractivity contribution in [3.63, 3.8) is 0 Å². The van der Waals surface area contributed by atoms with Crippen LogP contribution < -0.4 is 5.46 Å². The molecule has 0 saturated heterocycles. The molecule has 0 amide bonds. The molecule has 100 valence electrons. The van der Waals surface area contributed by atoms with Crippen LogP contribution in [-0.4, -0.2) is 12.5 Å². The molecular formula is C18H13BOS. The average Bonchev–Trinajstić information content (AvgIpc) is 2.94. The van der Waals surface area contributed by atoms with E-state index in [-0.39, 0.29) is 7.48 Å². The summed E-state index contributed by atoms with van der Waals surface area (Å²) in [4.78, 5) is 0. The van der Waals surface area contributed by atoms with Crippen molar-refractivity contribution in [2.75, 3.05) is 0 Å². The van der Waals surface area contributed by atoms with E-state index in [0.717, 1.165) is 5.46 Å². The smallest absolute Gasteiger partial charge is 0.304 e. The third kappa shape index (κ3) is 2.06. The predicted octanol–water partition coefficient (Wildman–Crippen LogP) is 3.69. The van der Waals surface area contributed by atoms with Crippen LogP contribution in [0.5, 0.6) is 0 Å². The third-order valence-electron chi connectivity index (χ3n) is 3.85. The van der Waals surface area contributed by atoms with Crippen LogP contribution in [0.1, 0.15) is 0 Å². The molecule has 0 aliphatic carbocycles. The molecule has 1 nitrogen and oxygen atoms in total. The lowest BCUT2D eigenvalue weighted by Gasteiger charge is -2.04. The van der Waals surface area contributed by atoms with E-state index in [2.05, 4.69) is 54.6 Å². The van der Waals surface area contributed by atoms with Gasteiger partial charge in [0.2, 0.25) is 0 Å². The second kappa shape index (κ2) is 5.03. The third-order valence-corrected chi connectivity index (χ3v) is 5.07. The lowest BCUT2D eigenvalue weighted by Crippen LogP contribution is -2.11. The van der Waals surface area contributed by atoms with Crippen molar-refractivity contribution in [2.45, 2.75) is 0 Å². The highest BCUT2D eigenvalue weighted by atomic mass is 32.1. The zero-order chi connectivity index (χ0) is 14.2. The SMILES string of the molecule is OBc1ccc(-c2cccc3c2sc2ccccc23)cc1. The minimum atomic E-state index is 0.0906. The molecule has 0 aliphatic heterocycles. The van der Waals surface area contributed by atoms with Gasteiger partial charge in [-0.1, -0.05) is 66.1 Å². The summed E-state index contributed by atoms with van der Waals surface area (Å²) in [6, 6.07) is 23.2. The van der Waals surface area contributed by atoms with Gasteiger partial charge in [0, 0.05) is 20.2 Å². The van der Waals surface area contributed by atoms with E-state index >= 15 is 0 Å². The van der Waals surface area contributed by atoms with Gasteiger partial charge in [0.05, 0.1) is 0 Å². The molecule has 1 N–H and O–H groups in total. The van der Waals surface area contributed by atoms with Gasteiger partial charge in [-0.05, 0) is 17.2 Å². The van der Waals surface area contributed by atoms with Gasteiger partial charge in [0.25, 0.3) is 0 Å². The van der Waals surface area contributed by atoms with Crippen LogP contribution in [0, 0.1) is 0 Å². The molecule has 0 fully saturated rings. The van der Waals surface area contributed by atoms with Gasteiger partial charge in [-0.25, -0.2) is 0 Å². The number of hydrogen-bond acceptors (Lipinski definition) is 2. The molecule has 0 spiro atoms. The lowest BCUT2D eigenvalue weighted by atomic mass is 9.87. The Hall–Kier alpha value is -2.10. The second-order valence-corrected chi connectivity index (χ2v) is 6.19. The van der Waals surface area contributed by atoms with Crippen LogP contribution in [0.4, 0.5) is 0 Å². The summed E-state index contributed by atoms with van der Waals surface area (Å²) in [6.07, 6.45) is 0. The average molecular weight is 288 g/mol. The van der Waals surface area contributed by atoms with Crippen LogP contribution in [0.3, 0.4) is 0 Å². The highest BCUT2D eigenvalue weighted by Gasteiger charge is 2.09. The summed E-state index contributed by atoms with van der Waals surface area (Å²) in [6.45, 7) is 0. The Bertz CT molecular complexity index is 925. The van der Waals surface area contributed by atoms with E-state index < -0.39 is 0 Å². The molecule has 4 rings (SSSR count). The Morgan fingerprint density at radius 1 is 0.762 bits per heavy atom. The van der Waals surface area contributed by atoms with E-state index in [0.29, 0.717) is 0 Å². The molecule has 1 aromatic heterocycles. The molecule has 3 aromatic carbocycles. The first-order chi connectivity index (χ1) is 10.4. The summed E-state index contributed by atoms with van der Waals surface area (Å²) in [5.74, 6) is 0. The fraction of sp³-hybridized carbons (Fsp3) is 0. The quantitative estimate of drug-likeness (QED) is 0.558. The maximum Gasteiger partial charge on any atom is 0.304 e. The van der Waals surface area contributed by atoms with Gasteiger partial charge in [-0.3, -0.25) is 0 Å². The van der Waals surface area contributed by atoms with Crippen LogP contribution in [0.15, 0.2) is 66.7 Å². The monoisotopic (exact) mass is 288 g/mol. The van der Waals surface area contributed by atoms with E-state index in [1.807, 2.05) is 23.5 Å². The van der Waals surface area contributed by atoms with Crippen molar-refractivity contribution in [2.24, 2.45) is 0 Å². The summed E-state index contributed by atoms with van der Waals surface area (Å²) in [5, 5.41) is 11.8. The first-order valence-electron chi connectivity index (χ1n) is 6.97. The minimum Gasteiger partial charge on any atom is -0.449 e. The van der Waals surface area contributed by atoms with Crippen LogP contribution in [0.2, 0.25) is 0 Å². The Morgan fingerprint density at radius 3 is 2.33 bits per heavy atom. The standard InChI is InChI=1S/C18H13BOS/c20-19-13-10-8-12(9-11-13)14-5-3-6-16-15-4-1-2-7-17(15)21-18(14)16/h1-11,19-20H. The Morgan fingerprint density at radius 2 is 1.52 bits per heavy atom. The molecule has 0 atom stereocenters. The summed E-state index contributed by atoms with van der Waals surface area (Å²) >= 11 is 1.84. The lowest BCUT2D eigenvalue weighted by molar-refractivity contribution is 0.615. The van der Waals surface area contributed by atoms with E-state index in [9.17, 15) is 0 Å². The Kier molecular flexibility index (Phi) is 3.02. The molecule has 3 heteroatoms. The van der Waals surface area contributed by atoms with E-state index in [1.54, 1.807) is 0 Å². The normalized spacial score (nSPS) is 11.1. The van der Waals surface area contributed by atoms with E-state index in [1.165, 1.54) is 31.3 Å². The maximum atomic E-state index is 9.17. The van der Waals surface area contributed by atoms with E-state index in [4.69, 9.17) is 5.02 Å². The fourth-order valence-corrected chi connectivity index (χ4v) is 4.00. The molecule has 1 heterocycles. The molecule has 0 radical (unpaired) electrons. The number of thiophene rings is 1. The maximum absolute atomic E-state index is 9.17. The Balaban J connectivity index is 1.99. The largest absolute Gasteiger partial charge is 0.449 e. The summed E-state index contributed by atoms with van der Waals surface area (Å²) < 4.78 is 2.65. The predicted molar refractivity (Wildman–Crippen MR) is 93.8 cm³/mol. The molecular weight excluding hydrogens is 275 g/mol.